The SMILES string of the molecule is CCC(NC(=O)c1ccc(S(=O)(=O)C(F)F)cc1)c1ccccc1OC(F)F. The predicted octanol–water partition coefficient (Wildman–Crippen LogP) is 4.17. The van der Waals surface area contributed by atoms with E-state index < -0.39 is 39.1 Å². The molecule has 1 amide bonds. The van der Waals surface area contributed by atoms with Crippen LogP contribution in [0.25, 0.3) is 0 Å². The van der Waals surface area contributed by atoms with E-state index in [1.54, 1.807) is 13.0 Å². The first kappa shape index (κ1) is 21.7. The number of amides is 1. The average molecular weight is 419 g/mol. The van der Waals surface area contributed by atoms with E-state index >= 15 is 0 Å². The van der Waals surface area contributed by atoms with Crippen LogP contribution in [0.4, 0.5) is 17.6 Å². The number of hydrogen-bond donors (Lipinski definition) is 1. The normalized spacial score (nSPS) is 12.8. The van der Waals surface area contributed by atoms with Gasteiger partial charge in [-0.1, -0.05) is 25.1 Å². The molecule has 0 radical (unpaired) electrons. The lowest BCUT2D eigenvalue weighted by Gasteiger charge is -2.20. The molecule has 0 fully saturated rings. The van der Waals surface area contributed by atoms with Gasteiger partial charge in [0.2, 0.25) is 9.84 Å². The number of benzene rings is 2. The van der Waals surface area contributed by atoms with Crippen LogP contribution in [-0.2, 0) is 9.84 Å². The van der Waals surface area contributed by atoms with Crippen LogP contribution >= 0.6 is 0 Å². The molecule has 152 valence electrons. The molecule has 0 aliphatic heterocycles. The summed E-state index contributed by atoms with van der Waals surface area (Å²) in [4.78, 5) is 11.8. The molecule has 0 saturated heterocycles. The first-order valence-electron chi connectivity index (χ1n) is 8.13. The topological polar surface area (TPSA) is 72.5 Å². The number of carbonyl (C=O) groups is 1. The summed E-state index contributed by atoms with van der Waals surface area (Å²) < 4.78 is 77.6. The van der Waals surface area contributed by atoms with Crippen molar-refractivity contribution in [1.82, 2.24) is 5.32 Å². The van der Waals surface area contributed by atoms with E-state index in [9.17, 15) is 30.8 Å². The molecule has 2 aromatic carbocycles. The fourth-order valence-corrected chi connectivity index (χ4v) is 3.23. The monoisotopic (exact) mass is 419 g/mol. The van der Waals surface area contributed by atoms with E-state index in [0.717, 1.165) is 24.3 Å². The standard InChI is InChI=1S/C18H17F4NO4S/c1-2-14(13-5-3-4-6-15(13)27-17(19)20)23-16(24)11-7-9-12(10-8-11)28(25,26)18(21)22/h3-10,14,17-18H,2H2,1H3,(H,23,24). The van der Waals surface area contributed by atoms with Gasteiger partial charge in [0.15, 0.2) is 0 Å². The van der Waals surface area contributed by atoms with Gasteiger partial charge in [-0.25, -0.2) is 8.42 Å². The maximum absolute atomic E-state index is 12.6. The number of alkyl halides is 4. The van der Waals surface area contributed by atoms with E-state index in [0.29, 0.717) is 12.0 Å². The van der Waals surface area contributed by atoms with Crippen molar-refractivity contribution >= 4 is 15.7 Å². The molecule has 0 heterocycles. The Labute approximate surface area is 159 Å². The van der Waals surface area contributed by atoms with Gasteiger partial charge < -0.3 is 10.1 Å². The third-order valence-corrected chi connectivity index (χ3v) is 5.30. The van der Waals surface area contributed by atoms with Crippen molar-refractivity contribution in [3.63, 3.8) is 0 Å². The zero-order chi connectivity index (χ0) is 20.9. The number of carbonyl (C=O) groups excluding carboxylic acids is 1. The number of hydrogen-bond acceptors (Lipinski definition) is 4. The van der Waals surface area contributed by atoms with Gasteiger partial charge in [0.05, 0.1) is 10.9 Å². The third-order valence-electron chi connectivity index (χ3n) is 3.90. The molecule has 28 heavy (non-hydrogen) atoms. The Bertz CT molecular complexity index is 917. The molecular weight excluding hydrogens is 402 g/mol. The molecule has 5 nitrogen and oxygen atoms in total. The third kappa shape index (κ3) is 5.00. The molecule has 0 bridgehead atoms. The fraction of sp³-hybridized carbons (Fsp3) is 0.278. The molecule has 0 spiro atoms. The molecular formula is C18H17F4NO4S. The summed E-state index contributed by atoms with van der Waals surface area (Å²) in [5, 5.41) is 2.63. The van der Waals surface area contributed by atoms with Crippen LogP contribution in [0, 0.1) is 0 Å². The molecule has 10 heteroatoms. The highest BCUT2D eigenvalue weighted by molar-refractivity contribution is 7.91. The fourth-order valence-electron chi connectivity index (χ4n) is 2.51. The van der Waals surface area contributed by atoms with E-state index in [4.69, 9.17) is 0 Å². The maximum atomic E-state index is 12.6. The minimum atomic E-state index is -4.76. The van der Waals surface area contributed by atoms with E-state index in [1.165, 1.54) is 18.2 Å². The zero-order valence-corrected chi connectivity index (χ0v) is 15.4. The quantitative estimate of drug-likeness (QED) is 0.652. The van der Waals surface area contributed by atoms with E-state index in [2.05, 4.69) is 10.1 Å². The number of rotatable bonds is 8. The Kier molecular flexibility index (Phi) is 7.00. The van der Waals surface area contributed by atoms with Gasteiger partial charge in [-0.15, -0.1) is 0 Å². The highest BCUT2D eigenvalue weighted by atomic mass is 32.2. The number of ether oxygens (including phenoxy) is 1. The van der Waals surface area contributed by atoms with Crippen LogP contribution in [0.15, 0.2) is 53.4 Å². The minimum Gasteiger partial charge on any atom is -0.434 e. The van der Waals surface area contributed by atoms with Crippen molar-refractivity contribution in [1.29, 1.82) is 0 Å². The van der Waals surface area contributed by atoms with Crippen LogP contribution in [0.5, 0.6) is 5.75 Å². The first-order valence-corrected chi connectivity index (χ1v) is 9.68. The summed E-state index contributed by atoms with van der Waals surface area (Å²) in [7, 11) is -4.76. The molecule has 0 aliphatic carbocycles. The number of nitrogens with one attached hydrogen (secondary N) is 1. The maximum Gasteiger partial charge on any atom is 0.387 e. The van der Waals surface area contributed by atoms with Gasteiger partial charge in [-0.2, -0.15) is 17.6 Å². The Morgan fingerprint density at radius 2 is 1.64 bits per heavy atom. The Hall–Kier alpha value is -2.62. The lowest BCUT2D eigenvalue weighted by molar-refractivity contribution is -0.0506. The van der Waals surface area contributed by atoms with E-state index in [-0.39, 0.29) is 11.3 Å². The Morgan fingerprint density at radius 3 is 2.18 bits per heavy atom. The van der Waals surface area contributed by atoms with Crippen molar-refractivity contribution < 1.29 is 35.5 Å². The first-order chi connectivity index (χ1) is 13.2. The molecule has 0 aromatic heterocycles. The van der Waals surface area contributed by atoms with Gasteiger partial charge >= 0.3 is 12.4 Å². The van der Waals surface area contributed by atoms with Gasteiger partial charge in [-0.3, -0.25) is 4.79 Å². The summed E-state index contributed by atoms with van der Waals surface area (Å²) >= 11 is 0. The highest BCUT2D eigenvalue weighted by Gasteiger charge is 2.27. The largest absolute Gasteiger partial charge is 0.434 e. The molecule has 2 aromatic rings. The summed E-state index contributed by atoms with van der Waals surface area (Å²) in [5.74, 6) is -4.27. The average Bonchev–Trinajstić information content (AvgIpc) is 2.66. The lowest BCUT2D eigenvalue weighted by atomic mass is 10.0. The van der Waals surface area contributed by atoms with Crippen molar-refractivity contribution in [2.24, 2.45) is 0 Å². The minimum absolute atomic E-state index is 0.0268. The molecule has 0 aliphatic rings. The number of para-hydroxylation sites is 1. The van der Waals surface area contributed by atoms with Crippen LogP contribution in [-0.4, -0.2) is 26.7 Å². The summed E-state index contributed by atoms with van der Waals surface area (Å²) in [6.45, 7) is -1.30. The van der Waals surface area contributed by atoms with Crippen molar-refractivity contribution in [3.8, 4) is 5.75 Å². The molecule has 1 N–H and O–H groups in total. The van der Waals surface area contributed by atoms with Crippen molar-refractivity contribution in [2.75, 3.05) is 0 Å². The van der Waals surface area contributed by atoms with Gasteiger partial charge in [0, 0.05) is 11.1 Å². The molecule has 2 rings (SSSR count). The zero-order valence-electron chi connectivity index (χ0n) is 14.6. The predicted molar refractivity (Wildman–Crippen MR) is 93.2 cm³/mol. The highest BCUT2D eigenvalue weighted by Crippen LogP contribution is 2.29. The smallest absolute Gasteiger partial charge is 0.387 e. The van der Waals surface area contributed by atoms with Crippen LogP contribution in [0.3, 0.4) is 0 Å². The summed E-state index contributed by atoms with van der Waals surface area (Å²) in [5.41, 5.74) is 0.370. The second-order valence-corrected chi connectivity index (χ2v) is 7.60. The van der Waals surface area contributed by atoms with Crippen molar-refractivity contribution in [3.05, 3.63) is 59.7 Å². The van der Waals surface area contributed by atoms with Gasteiger partial charge in [0.25, 0.3) is 5.91 Å². The van der Waals surface area contributed by atoms with Crippen LogP contribution < -0.4 is 10.1 Å². The molecule has 1 unspecified atom stereocenters. The van der Waals surface area contributed by atoms with E-state index in [1.807, 2.05) is 0 Å². The van der Waals surface area contributed by atoms with Crippen LogP contribution in [0.2, 0.25) is 0 Å². The Balaban J connectivity index is 2.22. The number of sulfone groups is 1. The van der Waals surface area contributed by atoms with Gasteiger partial charge in [0.1, 0.15) is 5.75 Å². The molecule has 1 atom stereocenters. The second kappa shape index (κ2) is 9.05. The van der Waals surface area contributed by atoms with Crippen LogP contribution in [0.1, 0.15) is 35.3 Å². The Morgan fingerprint density at radius 1 is 1.04 bits per heavy atom. The van der Waals surface area contributed by atoms with Crippen molar-refractivity contribution in [2.45, 2.75) is 36.7 Å². The summed E-state index contributed by atoms with van der Waals surface area (Å²) in [6.07, 6.45) is 0.354. The summed E-state index contributed by atoms with van der Waals surface area (Å²) in [6, 6.07) is 9.34. The molecule has 0 saturated carbocycles. The van der Waals surface area contributed by atoms with Gasteiger partial charge in [-0.05, 0) is 36.8 Å². The number of halogens is 4. The second-order valence-electron chi connectivity index (χ2n) is 5.68. The lowest BCUT2D eigenvalue weighted by Crippen LogP contribution is -2.28.